The molecule has 0 spiro atoms. The topological polar surface area (TPSA) is 40.5 Å². The quantitative estimate of drug-likeness (QED) is 0.194. The third kappa shape index (κ3) is 5.31. The number of carbonyl (C=O) groups excluding carboxylic acids is 1. The molecule has 0 bridgehead atoms. The molecule has 4 aromatic carbocycles. The van der Waals surface area contributed by atoms with E-state index in [0.717, 1.165) is 16.7 Å². The fraction of sp³-hybridized carbons (Fsp3) is 0.194. The molecule has 1 heterocycles. The molecule has 1 aliphatic rings. The molecule has 0 radical (unpaired) electrons. The number of β-lactam (4-membered cyclic amide) rings is 1. The van der Waals surface area contributed by atoms with E-state index in [1.165, 1.54) is 29.2 Å². The fourth-order valence-corrected chi connectivity index (χ4v) is 5.42. The Morgan fingerprint density at radius 2 is 1.51 bits per heavy atom. The molecule has 1 fully saturated rings. The van der Waals surface area contributed by atoms with Gasteiger partial charge in [0.25, 0.3) is 0 Å². The van der Waals surface area contributed by atoms with Gasteiger partial charge < -0.3 is 10.0 Å². The second-order valence-electron chi connectivity index (χ2n) is 9.23. The molecular weight excluding hydrogens is 488 g/mol. The van der Waals surface area contributed by atoms with Crippen molar-refractivity contribution in [1.29, 1.82) is 0 Å². The van der Waals surface area contributed by atoms with Crippen LogP contribution in [0.5, 0.6) is 0 Å². The van der Waals surface area contributed by atoms with Crippen LogP contribution in [0.4, 0.5) is 14.5 Å². The SMILES string of the molecule is CSc1cccc(-c2ccc(C3C(CC[C@H](O)c4ccc(F)cc4)C(=O)N3c3ccc(F)cc3)cc2)c1. The molecule has 37 heavy (non-hydrogen) atoms. The third-order valence-electron chi connectivity index (χ3n) is 6.98. The van der Waals surface area contributed by atoms with Crippen LogP contribution in [-0.2, 0) is 4.79 Å². The first-order valence-electron chi connectivity index (χ1n) is 12.2. The van der Waals surface area contributed by atoms with E-state index in [1.807, 2.05) is 24.5 Å². The van der Waals surface area contributed by atoms with Gasteiger partial charge in [-0.25, -0.2) is 8.78 Å². The zero-order chi connectivity index (χ0) is 25.9. The number of halogens is 2. The summed E-state index contributed by atoms with van der Waals surface area (Å²) < 4.78 is 26.8. The van der Waals surface area contributed by atoms with Gasteiger partial charge in [-0.1, -0.05) is 48.5 Å². The van der Waals surface area contributed by atoms with Gasteiger partial charge in [0.05, 0.1) is 18.1 Å². The lowest BCUT2D eigenvalue weighted by atomic mass is 9.78. The van der Waals surface area contributed by atoms with Crippen molar-refractivity contribution < 1.29 is 18.7 Å². The molecule has 1 amide bonds. The Hall–Kier alpha value is -3.48. The number of thioether (sulfide) groups is 1. The van der Waals surface area contributed by atoms with Gasteiger partial charge in [-0.2, -0.15) is 0 Å². The Bertz CT molecular complexity index is 1370. The molecule has 0 aliphatic carbocycles. The van der Waals surface area contributed by atoms with Gasteiger partial charge in [0.15, 0.2) is 0 Å². The Morgan fingerprint density at radius 1 is 0.865 bits per heavy atom. The lowest BCUT2D eigenvalue weighted by Crippen LogP contribution is -2.55. The van der Waals surface area contributed by atoms with E-state index in [0.29, 0.717) is 24.1 Å². The lowest BCUT2D eigenvalue weighted by molar-refractivity contribution is -0.131. The van der Waals surface area contributed by atoms with Crippen molar-refractivity contribution in [3.05, 3.63) is 120 Å². The van der Waals surface area contributed by atoms with Crippen LogP contribution < -0.4 is 4.90 Å². The number of aliphatic hydroxyl groups is 1. The number of benzene rings is 4. The fourth-order valence-electron chi connectivity index (χ4n) is 4.97. The maximum Gasteiger partial charge on any atom is 0.233 e. The molecule has 3 atom stereocenters. The molecule has 3 nitrogen and oxygen atoms in total. The van der Waals surface area contributed by atoms with Crippen LogP contribution >= 0.6 is 11.8 Å². The summed E-state index contributed by atoms with van der Waals surface area (Å²) in [5.74, 6) is -1.10. The summed E-state index contributed by atoms with van der Waals surface area (Å²) in [6.45, 7) is 0. The van der Waals surface area contributed by atoms with Crippen LogP contribution in [0, 0.1) is 17.6 Å². The van der Waals surface area contributed by atoms with E-state index in [2.05, 4.69) is 30.3 Å². The highest BCUT2D eigenvalue weighted by molar-refractivity contribution is 7.98. The van der Waals surface area contributed by atoms with Crippen LogP contribution in [0.2, 0.25) is 0 Å². The first-order chi connectivity index (χ1) is 17.9. The molecule has 4 aromatic rings. The van der Waals surface area contributed by atoms with E-state index in [1.54, 1.807) is 40.9 Å². The average molecular weight is 516 g/mol. The summed E-state index contributed by atoms with van der Waals surface area (Å²) >= 11 is 1.69. The normalized spacial score (nSPS) is 17.9. The largest absolute Gasteiger partial charge is 0.388 e. The van der Waals surface area contributed by atoms with Crippen LogP contribution in [0.25, 0.3) is 11.1 Å². The Labute approximate surface area is 219 Å². The molecular formula is C31H27F2NO2S. The standard InChI is InChI=1S/C31H27F2NO2S/c1-37-27-4-2-3-23(19-27)20-5-7-22(8-6-20)30-28(17-18-29(35)21-9-11-24(32)12-10-21)31(36)34(30)26-15-13-25(33)14-16-26/h2-16,19,28-30,35H,17-18H2,1H3/t28?,29-,30?/m0/s1. The zero-order valence-corrected chi connectivity index (χ0v) is 21.2. The summed E-state index contributed by atoms with van der Waals surface area (Å²) in [6, 6.07) is 28.0. The van der Waals surface area contributed by atoms with Gasteiger partial charge in [0.2, 0.25) is 5.91 Å². The second kappa shape index (κ2) is 10.9. The molecule has 6 heteroatoms. The molecule has 1 aliphatic heterocycles. The average Bonchev–Trinajstić information content (AvgIpc) is 2.93. The van der Waals surface area contributed by atoms with Crippen molar-refractivity contribution >= 4 is 23.4 Å². The van der Waals surface area contributed by atoms with Gasteiger partial charge in [-0.3, -0.25) is 4.79 Å². The summed E-state index contributed by atoms with van der Waals surface area (Å²) in [5.41, 5.74) is 4.45. The van der Waals surface area contributed by atoms with Crippen molar-refractivity contribution in [2.45, 2.75) is 29.9 Å². The molecule has 2 unspecified atom stereocenters. The number of aliphatic hydroxyl groups excluding tert-OH is 1. The molecule has 188 valence electrons. The first-order valence-corrected chi connectivity index (χ1v) is 13.4. The lowest BCUT2D eigenvalue weighted by Gasteiger charge is -2.48. The summed E-state index contributed by atoms with van der Waals surface area (Å²) in [5, 5.41) is 10.7. The monoisotopic (exact) mass is 515 g/mol. The van der Waals surface area contributed by atoms with E-state index in [4.69, 9.17) is 0 Å². The highest BCUT2D eigenvalue weighted by Crippen LogP contribution is 2.46. The van der Waals surface area contributed by atoms with Crippen molar-refractivity contribution in [3.8, 4) is 11.1 Å². The Morgan fingerprint density at radius 3 is 2.16 bits per heavy atom. The van der Waals surface area contributed by atoms with Crippen LogP contribution in [0.3, 0.4) is 0 Å². The molecule has 1 N–H and O–H groups in total. The minimum absolute atomic E-state index is 0.0559. The smallest absolute Gasteiger partial charge is 0.233 e. The van der Waals surface area contributed by atoms with Crippen LogP contribution in [0.1, 0.15) is 36.1 Å². The number of nitrogens with zero attached hydrogens (tertiary/aromatic N) is 1. The van der Waals surface area contributed by atoms with Gasteiger partial charge in [-0.05, 0) is 89.9 Å². The van der Waals surface area contributed by atoms with Gasteiger partial charge in [-0.15, -0.1) is 11.8 Å². The van der Waals surface area contributed by atoms with Crippen molar-refractivity contribution in [2.24, 2.45) is 5.92 Å². The zero-order valence-electron chi connectivity index (χ0n) is 20.4. The summed E-state index contributed by atoms with van der Waals surface area (Å²) in [4.78, 5) is 16.2. The third-order valence-corrected chi connectivity index (χ3v) is 7.71. The van der Waals surface area contributed by atoms with E-state index < -0.39 is 6.10 Å². The number of hydrogen-bond donors (Lipinski definition) is 1. The van der Waals surface area contributed by atoms with Crippen LogP contribution in [-0.4, -0.2) is 17.3 Å². The number of amides is 1. The van der Waals surface area contributed by atoms with Crippen molar-refractivity contribution in [2.75, 3.05) is 11.2 Å². The Balaban J connectivity index is 1.40. The highest BCUT2D eigenvalue weighted by atomic mass is 32.2. The minimum atomic E-state index is -0.792. The maximum absolute atomic E-state index is 13.6. The summed E-state index contributed by atoms with van der Waals surface area (Å²) in [7, 11) is 0. The first kappa shape index (κ1) is 25.2. The second-order valence-corrected chi connectivity index (χ2v) is 10.1. The van der Waals surface area contributed by atoms with Crippen molar-refractivity contribution in [3.63, 3.8) is 0 Å². The van der Waals surface area contributed by atoms with E-state index in [-0.39, 0.29) is 29.5 Å². The Kier molecular flexibility index (Phi) is 7.40. The number of carbonyl (C=O) groups is 1. The van der Waals surface area contributed by atoms with Gasteiger partial charge in [0, 0.05) is 10.6 Å². The molecule has 5 rings (SSSR count). The predicted molar refractivity (Wildman–Crippen MR) is 144 cm³/mol. The predicted octanol–water partition coefficient (Wildman–Crippen LogP) is 7.57. The van der Waals surface area contributed by atoms with Gasteiger partial charge in [0.1, 0.15) is 11.6 Å². The highest BCUT2D eigenvalue weighted by Gasteiger charge is 2.48. The number of anilines is 1. The molecule has 0 saturated carbocycles. The molecule has 0 aromatic heterocycles. The van der Waals surface area contributed by atoms with Crippen molar-refractivity contribution in [1.82, 2.24) is 0 Å². The maximum atomic E-state index is 13.6. The van der Waals surface area contributed by atoms with E-state index in [9.17, 15) is 18.7 Å². The number of rotatable bonds is 8. The minimum Gasteiger partial charge on any atom is -0.388 e. The van der Waals surface area contributed by atoms with Gasteiger partial charge >= 0.3 is 0 Å². The van der Waals surface area contributed by atoms with E-state index >= 15 is 0 Å². The van der Waals surface area contributed by atoms with Crippen LogP contribution in [0.15, 0.2) is 102 Å². The number of hydrogen-bond acceptors (Lipinski definition) is 3. The molecule has 1 saturated heterocycles. The summed E-state index contributed by atoms with van der Waals surface area (Å²) in [6.07, 6.45) is 2.10.